The lowest BCUT2D eigenvalue weighted by molar-refractivity contribution is -0.167. The molecule has 0 aliphatic carbocycles. The molecular weight excluding hydrogens is 350 g/mol. The van der Waals surface area contributed by atoms with E-state index in [2.05, 4.69) is 10.3 Å². The van der Waals surface area contributed by atoms with Gasteiger partial charge in [-0.25, -0.2) is 4.98 Å². The molecule has 0 radical (unpaired) electrons. The summed E-state index contributed by atoms with van der Waals surface area (Å²) in [5.74, 6) is -0.299. The van der Waals surface area contributed by atoms with Gasteiger partial charge in [0, 0.05) is 24.4 Å². The van der Waals surface area contributed by atoms with E-state index in [1.165, 1.54) is 11.3 Å². The van der Waals surface area contributed by atoms with Crippen LogP contribution in [0.3, 0.4) is 0 Å². The highest BCUT2D eigenvalue weighted by atomic mass is 32.1. The molecule has 0 unspecified atom stereocenters. The minimum atomic E-state index is -0.729. The molecule has 3 rings (SSSR count). The SMILES string of the molecule is CC(C)N1C(=O)CO[C@H](C(=O)NCCc2cscn2)[C@H]1c1ccccc1. The van der Waals surface area contributed by atoms with Gasteiger partial charge in [0.1, 0.15) is 6.61 Å². The van der Waals surface area contributed by atoms with Gasteiger partial charge in [0.05, 0.1) is 17.2 Å². The van der Waals surface area contributed by atoms with Crippen LogP contribution in [0.2, 0.25) is 0 Å². The van der Waals surface area contributed by atoms with Crippen molar-refractivity contribution in [2.75, 3.05) is 13.2 Å². The Hall–Kier alpha value is -2.25. The third-order valence-corrected chi connectivity index (χ3v) is 5.02. The van der Waals surface area contributed by atoms with Gasteiger partial charge in [0.25, 0.3) is 5.91 Å². The first-order valence-corrected chi connectivity index (χ1v) is 9.64. The first kappa shape index (κ1) is 18.5. The van der Waals surface area contributed by atoms with Crippen LogP contribution in [0.1, 0.15) is 31.1 Å². The second-order valence-electron chi connectivity index (χ2n) is 6.50. The molecule has 1 aliphatic rings. The van der Waals surface area contributed by atoms with Gasteiger partial charge in [0.15, 0.2) is 6.10 Å². The van der Waals surface area contributed by atoms with Crippen LogP contribution in [0.5, 0.6) is 0 Å². The molecule has 26 heavy (non-hydrogen) atoms. The second-order valence-corrected chi connectivity index (χ2v) is 7.22. The predicted octanol–water partition coefficient (Wildman–Crippen LogP) is 2.18. The molecule has 0 saturated carbocycles. The maximum Gasteiger partial charge on any atom is 0.251 e. The van der Waals surface area contributed by atoms with Crippen LogP contribution >= 0.6 is 11.3 Å². The number of nitrogens with zero attached hydrogens (tertiary/aromatic N) is 2. The molecule has 1 N–H and O–H groups in total. The molecule has 0 spiro atoms. The summed E-state index contributed by atoms with van der Waals surface area (Å²) in [6, 6.07) is 9.12. The standard InChI is InChI=1S/C19H23N3O3S/c1-13(2)22-16(23)10-25-18(17(22)14-6-4-3-5-7-14)19(24)20-9-8-15-11-26-12-21-15/h3-7,11-13,17-18H,8-10H2,1-2H3,(H,20,24)/t17-,18+/m1/s1. The lowest BCUT2D eigenvalue weighted by atomic mass is 9.95. The summed E-state index contributed by atoms with van der Waals surface area (Å²) in [5, 5.41) is 4.89. The first-order valence-electron chi connectivity index (χ1n) is 8.70. The number of hydrogen-bond acceptors (Lipinski definition) is 5. The Bertz CT molecular complexity index is 734. The van der Waals surface area contributed by atoms with Gasteiger partial charge in [-0.1, -0.05) is 30.3 Å². The Morgan fingerprint density at radius 1 is 1.38 bits per heavy atom. The molecule has 2 heterocycles. The van der Waals surface area contributed by atoms with Crippen LogP contribution in [-0.4, -0.2) is 47.0 Å². The molecule has 1 aromatic carbocycles. The van der Waals surface area contributed by atoms with Crippen molar-refractivity contribution in [3.63, 3.8) is 0 Å². The highest BCUT2D eigenvalue weighted by Gasteiger charge is 2.42. The molecule has 0 bridgehead atoms. The number of rotatable bonds is 6. The fourth-order valence-corrected chi connectivity index (χ4v) is 3.81. The van der Waals surface area contributed by atoms with Crippen LogP contribution in [0.15, 0.2) is 41.2 Å². The summed E-state index contributed by atoms with van der Waals surface area (Å²) in [6.45, 7) is 4.32. The van der Waals surface area contributed by atoms with Gasteiger partial charge >= 0.3 is 0 Å². The number of hydrogen-bond donors (Lipinski definition) is 1. The van der Waals surface area contributed by atoms with E-state index in [9.17, 15) is 9.59 Å². The molecule has 7 heteroatoms. The summed E-state index contributed by atoms with van der Waals surface area (Å²) in [4.78, 5) is 31.2. The number of aromatic nitrogens is 1. The van der Waals surface area contributed by atoms with E-state index in [1.807, 2.05) is 49.6 Å². The third kappa shape index (κ3) is 4.11. The van der Waals surface area contributed by atoms with Crippen LogP contribution < -0.4 is 5.32 Å². The molecule has 1 aliphatic heterocycles. The Balaban J connectivity index is 1.76. The normalized spacial score (nSPS) is 20.4. The van der Waals surface area contributed by atoms with Crippen molar-refractivity contribution < 1.29 is 14.3 Å². The lowest BCUT2D eigenvalue weighted by Gasteiger charge is -2.42. The Morgan fingerprint density at radius 3 is 2.81 bits per heavy atom. The van der Waals surface area contributed by atoms with Gasteiger partial charge < -0.3 is 15.0 Å². The van der Waals surface area contributed by atoms with Crippen molar-refractivity contribution in [2.24, 2.45) is 0 Å². The van der Waals surface area contributed by atoms with Gasteiger partial charge in [-0.2, -0.15) is 0 Å². The number of carbonyl (C=O) groups excluding carboxylic acids is 2. The van der Waals surface area contributed by atoms with Crippen LogP contribution in [0.4, 0.5) is 0 Å². The molecule has 138 valence electrons. The zero-order valence-electron chi connectivity index (χ0n) is 14.9. The molecule has 2 aromatic rings. The van der Waals surface area contributed by atoms with Crippen molar-refractivity contribution in [1.82, 2.24) is 15.2 Å². The highest BCUT2D eigenvalue weighted by Crippen LogP contribution is 2.32. The van der Waals surface area contributed by atoms with E-state index in [0.717, 1.165) is 11.3 Å². The van der Waals surface area contributed by atoms with Crippen molar-refractivity contribution in [3.8, 4) is 0 Å². The van der Waals surface area contributed by atoms with Crippen LogP contribution in [0.25, 0.3) is 0 Å². The van der Waals surface area contributed by atoms with E-state index in [0.29, 0.717) is 13.0 Å². The molecule has 2 atom stereocenters. The van der Waals surface area contributed by atoms with Crippen molar-refractivity contribution >= 4 is 23.2 Å². The molecule has 2 amide bonds. The Labute approximate surface area is 157 Å². The minimum Gasteiger partial charge on any atom is -0.356 e. The van der Waals surface area contributed by atoms with Gasteiger partial charge in [0.2, 0.25) is 5.91 Å². The summed E-state index contributed by atoms with van der Waals surface area (Å²) >= 11 is 1.54. The number of ether oxygens (including phenoxy) is 1. The third-order valence-electron chi connectivity index (χ3n) is 4.38. The predicted molar refractivity (Wildman–Crippen MR) is 99.7 cm³/mol. The van der Waals surface area contributed by atoms with Gasteiger partial charge in [-0.05, 0) is 19.4 Å². The monoisotopic (exact) mass is 373 g/mol. The molecule has 1 saturated heterocycles. The number of morpholine rings is 1. The fourth-order valence-electron chi connectivity index (χ4n) is 3.22. The summed E-state index contributed by atoms with van der Waals surface area (Å²) in [7, 11) is 0. The zero-order valence-corrected chi connectivity index (χ0v) is 15.7. The van der Waals surface area contributed by atoms with E-state index < -0.39 is 12.1 Å². The van der Waals surface area contributed by atoms with E-state index >= 15 is 0 Å². The maximum absolute atomic E-state index is 12.8. The average Bonchev–Trinajstić information content (AvgIpc) is 3.15. The minimum absolute atomic E-state index is 0.0260. The molecule has 6 nitrogen and oxygen atoms in total. The largest absolute Gasteiger partial charge is 0.356 e. The van der Waals surface area contributed by atoms with Gasteiger partial charge in [-0.15, -0.1) is 11.3 Å². The summed E-state index contributed by atoms with van der Waals surface area (Å²) in [5.41, 5.74) is 3.63. The number of benzene rings is 1. The number of nitrogens with one attached hydrogen (secondary N) is 1. The molecular formula is C19H23N3O3S. The summed E-state index contributed by atoms with van der Waals surface area (Å²) < 4.78 is 5.67. The van der Waals surface area contributed by atoms with E-state index in [1.54, 1.807) is 10.4 Å². The van der Waals surface area contributed by atoms with Crippen molar-refractivity contribution in [3.05, 3.63) is 52.5 Å². The number of thiazole rings is 1. The fraction of sp³-hybridized carbons (Fsp3) is 0.421. The highest BCUT2D eigenvalue weighted by molar-refractivity contribution is 7.07. The quantitative estimate of drug-likeness (QED) is 0.842. The lowest BCUT2D eigenvalue weighted by Crippen LogP contribution is -2.56. The Morgan fingerprint density at radius 2 is 2.15 bits per heavy atom. The molecule has 1 fully saturated rings. The first-order chi connectivity index (χ1) is 12.6. The number of amides is 2. The second kappa shape index (κ2) is 8.42. The average molecular weight is 373 g/mol. The van der Waals surface area contributed by atoms with Crippen LogP contribution in [0, 0.1) is 0 Å². The smallest absolute Gasteiger partial charge is 0.251 e. The van der Waals surface area contributed by atoms with Gasteiger partial charge in [-0.3, -0.25) is 9.59 Å². The maximum atomic E-state index is 12.8. The number of carbonyl (C=O) groups is 2. The molecule has 1 aromatic heterocycles. The zero-order chi connectivity index (χ0) is 18.5. The Kier molecular flexibility index (Phi) is 6.00. The summed E-state index contributed by atoms with van der Waals surface area (Å²) in [6.07, 6.45) is -0.0573. The van der Waals surface area contributed by atoms with Crippen molar-refractivity contribution in [2.45, 2.75) is 38.5 Å². The topological polar surface area (TPSA) is 71.5 Å². The van der Waals surface area contributed by atoms with Crippen LogP contribution in [-0.2, 0) is 20.7 Å². The van der Waals surface area contributed by atoms with E-state index in [-0.39, 0.29) is 24.5 Å². The van der Waals surface area contributed by atoms with E-state index in [4.69, 9.17) is 4.74 Å². The van der Waals surface area contributed by atoms with Crippen molar-refractivity contribution in [1.29, 1.82) is 0 Å².